The van der Waals surface area contributed by atoms with Crippen molar-refractivity contribution in [3.63, 3.8) is 0 Å². The molecular weight excluding hydrogens is 254 g/mol. The van der Waals surface area contributed by atoms with Crippen molar-refractivity contribution in [2.45, 2.75) is 12.5 Å². The molecule has 0 saturated heterocycles. The molecule has 4 heteroatoms. The molecule has 4 N–H and O–H groups in total. The van der Waals surface area contributed by atoms with E-state index in [0.717, 1.165) is 5.56 Å². The fourth-order valence-corrected chi connectivity index (χ4v) is 2.04. The summed E-state index contributed by atoms with van der Waals surface area (Å²) < 4.78 is 5.64. The Morgan fingerprint density at radius 2 is 1.75 bits per heavy atom. The lowest BCUT2D eigenvalue weighted by molar-refractivity contribution is 0.108. The third-order valence-corrected chi connectivity index (χ3v) is 3.11. The smallest absolute Gasteiger partial charge is 0.122 e. The first-order valence-electron chi connectivity index (χ1n) is 6.56. The fourth-order valence-electron chi connectivity index (χ4n) is 2.04. The summed E-state index contributed by atoms with van der Waals surface area (Å²) in [7, 11) is 0. The maximum Gasteiger partial charge on any atom is 0.122 e. The second kappa shape index (κ2) is 6.93. The molecule has 2 rings (SSSR count). The third kappa shape index (κ3) is 3.50. The van der Waals surface area contributed by atoms with Gasteiger partial charge in [0.25, 0.3) is 0 Å². The molecule has 2 aromatic rings. The van der Waals surface area contributed by atoms with Crippen LogP contribution in [0, 0.1) is 0 Å². The molecule has 0 fully saturated rings. The standard InChI is InChI=1S/C16H19NO3/c17-14-7-3-2-6-13(14)15(19)11-20-16-8-4-1-5-12(16)9-10-18/h1-8,15,18-19H,9-11,17H2. The predicted octanol–water partition coefficient (Wildman–Crippen LogP) is 1.92. The van der Waals surface area contributed by atoms with Crippen LogP contribution in [-0.2, 0) is 6.42 Å². The number of aliphatic hydroxyl groups is 2. The summed E-state index contributed by atoms with van der Waals surface area (Å²) in [5.41, 5.74) is 7.95. The molecule has 0 amide bonds. The highest BCUT2D eigenvalue weighted by molar-refractivity contribution is 5.47. The van der Waals surface area contributed by atoms with Crippen LogP contribution >= 0.6 is 0 Å². The van der Waals surface area contributed by atoms with Crippen molar-refractivity contribution in [2.75, 3.05) is 18.9 Å². The van der Waals surface area contributed by atoms with Crippen LogP contribution in [0.1, 0.15) is 17.2 Å². The largest absolute Gasteiger partial charge is 0.490 e. The number of nitrogens with two attached hydrogens (primary N) is 1. The summed E-state index contributed by atoms with van der Waals surface area (Å²) in [5.74, 6) is 0.676. The minimum absolute atomic E-state index is 0.0640. The predicted molar refractivity (Wildman–Crippen MR) is 78.5 cm³/mol. The van der Waals surface area contributed by atoms with E-state index in [-0.39, 0.29) is 13.2 Å². The number of hydrogen-bond donors (Lipinski definition) is 3. The van der Waals surface area contributed by atoms with Gasteiger partial charge in [-0.1, -0.05) is 36.4 Å². The number of benzene rings is 2. The van der Waals surface area contributed by atoms with E-state index in [0.29, 0.717) is 23.4 Å². The molecular formula is C16H19NO3. The number of anilines is 1. The van der Waals surface area contributed by atoms with Gasteiger partial charge in [-0.05, 0) is 24.1 Å². The van der Waals surface area contributed by atoms with Crippen molar-refractivity contribution in [1.29, 1.82) is 0 Å². The van der Waals surface area contributed by atoms with Crippen molar-refractivity contribution in [1.82, 2.24) is 0 Å². The summed E-state index contributed by atoms with van der Waals surface area (Å²) in [6, 6.07) is 14.7. The highest BCUT2D eigenvalue weighted by Crippen LogP contribution is 2.23. The number of aliphatic hydroxyl groups excluding tert-OH is 2. The average Bonchev–Trinajstić information content (AvgIpc) is 2.47. The SMILES string of the molecule is Nc1ccccc1C(O)COc1ccccc1CCO. The van der Waals surface area contributed by atoms with Crippen LogP contribution in [0.3, 0.4) is 0 Å². The molecule has 106 valence electrons. The molecule has 2 aromatic carbocycles. The number of rotatable bonds is 6. The molecule has 0 aliphatic rings. The summed E-state index contributed by atoms with van der Waals surface area (Å²) in [5, 5.41) is 19.1. The average molecular weight is 273 g/mol. The number of hydrogen-bond acceptors (Lipinski definition) is 4. The van der Waals surface area contributed by atoms with E-state index in [1.165, 1.54) is 0 Å². The van der Waals surface area contributed by atoms with E-state index in [2.05, 4.69) is 0 Å². The van der Waals surface area contributed by atoms with Gasteiger partial charge in [-0.3, -0.25) is 0 Å². The van der Waals surface area contributed by atoms with Gasteiger partial charge in [0.05, 0.1) is 0 Å². The van der Waals surface area contributed by atoms with E-state index >= 15 is 0 Å². The second-order valence-electron chi connectivity index (χ2n) is 4.54. The normalized spacial score (nSPS) is 12.1. The van der Waals surface area contributed by atoms with Crippen molar-refractivity contribution in [2.24, 2.45) is 0 Å². The van der Waals surface area contributed by atoms with Gasteiger partial charge in [0.15, 0.2) is 0 Å². The van der Waals surface area contributed by atoms with Crippen molar-refractivity contribution in [3.05, 3.63) is 59.7 Å². The van der Waals surface area contributed by atoms with Gasteiger partial charge in [0.2, 0.25) is 0 Å². The van der Waals surface area contributed by atoms with Crippen LogP contribution in [0.25, 0.3) is 0 Å². The zero-order chi connectivity index (χ0) is 14.4. The first-order valence-corrected chi connectivity index (χ1v) is 6.56. The number of ether oxygens (including phenoxy) is 1. The molecule has 0 spiro atoms. The number of nitrogen functional groups attached to an aromatic ring is 1. The van der Waals surface area contributed by atoms with Crippen molar-refractivity contribution >= 4 is 5.69 Å². The molecule has 0 radical (unpaired) electrons. The summed E-state index contributed by atoms with van der Waals surface area (Å²) in [6.45, 7) is 0.186. The zero-order valence-electron chi connectivity index (χ0n) is 11.2. The van der Waals surface area contributed by atoms with Crippen molar-refractivity contribution in [3.8, 4) is 5.75 Å². The molecule has 0 aliphatic heterocycles. The molecule has 0 aromatic heterocycles. The van der Waals surface area contributed by atoms with Gasteiger partial charge in [0.1, 0.15) is 18.5 Å². The minimum Gasteiger partial charge on any atom is -0.490 e. The first kappa shape index (κ1) is 14.4. The van der Waals surface area contributed by atoms with Crippen LogP contribution in [-0.4, -0.2) is 23.4 Å². The Kier molecular flexibility index (Phi) is 4.98. The highest BCUT2D eigenvalue weighted by atomic mass is 16.5. The molecule has 0 heterocycles. The van der Waals surface area contributed by atoms with Crippen LogP contribution in [0.15, 0.2) is 48.5 Å². The molecule has 4 nitrogen and oxygen atoms in total. The molecule has 0 saturated carbocycles. The summed E-state index contributed by atoms with van der Waals surface area (Å²) >= 11 is 0. The van der Waals surface area contributed by atoms with Crippen molar-refractivity contribution < 1.29 is 14.9 Å². The van der Waals surface area contributed by atoms with E-state index in [4.69, 9.17) is 15.6 Å². The summed E-state index contributed by atoms with van der Waals surface area (Å²) in [6.07, 6.45) is -0.252. The van der Waals surface area contributed by atoms with Gasteiger partial charge >= 0.3 is 0 Å². The molecule has 0 aliphatic carbocycles. The Balaban J connectivity index is 2.04. The van der Waals surface area contributed by atoms with Gasteiger partial charge in [-0.2, -0.15) is 0 Å². The van der Waals surface area contributed by atoms with Crippen LogP contribution in [0.4, 0.5) is 5.69 Å². The van der Waals surface area contributed by atoms with E-state index < -0.39 is 6.10 Å². The van der Waals surface area contributed by atoms with E-state index in [1.54, 1.807) is 12.1 Å². The molecule has 1 unspecified atom stereocenters. The zero-order valence-corrected chi connectivity index (χ0v) is 11.2. The van der Waals surface area contributed by atoms with Crippen LogP contribution < -0.4 is 10.5 Å². The topological polar surface area (TPSA) is 75.7 Å². The maximum atomic E-state index is 10.1. The Hall–Kier alpha value is -2.04. The highest BCUT2D eigenvalue weighted by Gasteiger charge is 2.12. The monoisotopic (exact) mass is 273 g/mol. The number of para-hydroxylation sites is 2. The van der Waals surface area contributed by atoms with E-state index in [9.17, 15) is 5.11 Å². The lowest BCUT2D eigenvalue weighted by Crippen LogP contribution is -2.12. The van der Waals surface area contributed by atoms with Gasteiger partial charge in [-0.15, -0.1) is 0 Å². The maximum absolute atomic E-state index is 10.1. The minimum atomic E-state index is -0.779. The van der Waals surface area contributed by atoms with Crippen LogP contribution in [0.2, 0.25) is 0 Å². The van der Waals surface area contributed by atoms with Gasteiger partial charge in [-0.25, -0.2) is 0 Å². The second-order valence-corrected chi connectivity index (χ2v) is 4.54. The Bertz CT molecular complexity index is 557. The lowest BCUT2D eigenvalue weighted by Gasteiger charge is -2.16. The molecule has 20 heavy (non-hydrogen) atoms. The Morgan fingerprint density at radius 3 is 2.50 bits per heavy atom. The third-order valence-electron chi connectivity index (χ3n) is 3.11. The fraction of sp³-hybridized carbons (Fsp3) is 0.250. The van der Waals surface area contributed by atoms with E-state index in [1.807, 2.05) is 36.4 Å². The lowest BCUT2D eigenvalue weighted by atomic mass is 10.1. The Labute approximate surface area is 118 Å². The van der Waals surface area contributed by atoms with Gasteiger partial charge < -0.3 is 20.7 Å². The molecule has 0 bridgehead atoms. The first-order chi connectivity index (χ1) is 9.72. The molecule has 1 atom stereocenters. The summed E-state index contributed by atoms with van der Waals surface area (Å²) in [4.78, 5) is 0. The van der Waals surface area contributed by atoms with Crippen LogP contribution in [0.5, 0.6) is 5.75 Å². The Morgan fingerprint density at radius 1 is 1.05 bits per heavy atom. The van der Waals surface area contributed by atoms with Gasteiger partial charge in [0, 0.05) is 17.9 Å². The quantitative estimate of drug-likeness (QED) is 0.703.